The number of nitrogens with one attached hydrogen (secondary N) is 2. The van der Waals surface area contributed by atoms with Crippen molar-refractivity contribution < 1.29 is 8.42 Å². The molecule has 19 heavy (non-hydrogen) atoms. The quantitative estimate of drug-likeness (QED) is 0.703. The molecule has 1 unspecified atom stereocenters. The summed E-state index contributed by atoms with van der Waals surface area (Å²) in [5.41, 5.74) is 1.41. The van der Waals surface area contributed by atoms with E-state index in [1.807, 2.05) is 0 Å². The largest absolute Gasteiger partial charge is 0.314 e. The third-order valence-corrected chi connectivity index (χ3v) is 5.47. The molecule has 1 aliphatic heterocycles. The Morgan fingerprint density at radius 1 is 1.32 bits per heavy atom. The van der Waals surface area contributed by atoms with Gasteiger partial charge in [0, 0.05) is 12.6 Å². The van der Waals surface area contributed by atoms with Crippen molar-refractivity contribution in [2.45, 2.75) is 57.4 Å². The minimum Gasteiger partial charge on any atom is -0.314 e. The lowest BCUT2D eigenvalue weighted by Crippen LogP contribution is -2.37. The van der Waals surface area contributed by atoms with Crippen molar-refractivity contribution in [3.63, 3.8) is 0 Å². The van der Waals surface area contributed by atoms with Crippen LogP contribution in [0.15, 0.2) is 11.6 Å². The fourth-order valence-electron chi connectivity index (χ4n) is 2.87. The molecule has 0 saturated carbocycles. The van der Waals surface area contributed by atoms with Gasteiger partial charge in [0.05, 0.1) is 5.75 Å². The molecular weight excluding hydrogens is 260 g/mol. The molecule has 0 aromatic rings. The summed E-state index contributed by atoms with van der Waals surface area (Å²) in [7, 11) is -3.09. The molecule has 0 spiro atoms. The highest BCUT2D eigenvalue weighted by molar-refractivity contribution is 7.89. The Bertz CT molecular complexity index is 398. The van der Waals surface area contributed by atoms with E-state index in [1.54, 1.807) is 0 Å². The van der Waals surface area contributed by atoms with Gasteiger partial charge in [0.15, 0.2) is 0 Å². The predicted octanol–water partition coefficient (Wildman–Crippen LogP) is 1.94. The van der Waals surface area contributed by atoms with Gasteiger partial charge in [0.1, 0.15) is 0 Å². The van der Waals surface area contributed by atoms with Gasteiger partial charge in [-0.05, 0) is 51.5 Å². The van der Waals surface area contributed by atoms with Crippen LogP contribution in [0.5, 0.6) is 0 Å². The molecule has 0 bridgehead atoms. The Balaban J connectivity index is 1.63. The highest BCUT2D eigenvalue weighted by Gasteiger charge is 2.17. The van der Waals surface area contributed by atoms with Gasteiger partial charge in [-0.25, -0.2) is 13.1 Å². The Labute approximate surface area is 117 Å². The maximum absolute atomic E-state index is 11.9. The minimum absolute atomic E-state index is 0.254. The van der Waals surface area contributed by atoms with E-state index in [9.17, 15) is 8.42 Å². The van der Waals surface area contributed by atoms with Gasteiger partial charge in [-0.2, -0.15) is 0 Å². The topological polar surface area (TPSA) is 58.2 Å². The van der Waals surface area contributed by atoms with E-state index >= 15 is 0 Å². The average molecular weight is 286 g/mol. The zero-order valence-corrected chi connectivity index (χ0v) is 12.5. The first-order valence-corrected chi connectivity index (χ1v) is 9.19. The van der Waals surface area contributed by atoms with Crippen molar-refractivity contribution in [3.8, 4) is 0 Å². The van der Waals surface area contributed by atoms with Crippen LogP contribution in [-0.4, -0.2) is 33.3 Å². The maximum Gasteiger partial charge on any atom is 0.211 e. The van der Waals surface area contributed by atoms with E-state index in [0.717, 1.165) is 38.6 Å². The second-order valence-electron chi connectivity index (χ2n) is 5.65. The lowest BCUT2D eigenvalue weighted by Gasteiger charge is -2.23. The van der Waals surface area contributed by atoms with Crippen LogP contribution in [-0.2, 0) is 10.0 Å². The first-order valence-electron chi connectivity index (χ1n) is 7.54. The SMILES string of the molecule is O=S(=O)(CCC1CCCCN1)NCCC1=CCCC1. The highest BCUT2D eigenvalue weighted by Crippen LogP contribution is 2.19. The zero-order valence-electron chi connectivity index (χ0n) is 11.7. The lowest BCUT2D eigenvalue weighted by atomic mass is 10.0. The summed E-state index contributed by atoms with van der Waals surface area (Å²) in [5.74, 6) is 0.254. The number of piperidine rings is 1. The van der Waals surface area contributed by atoms with Gasteiger partial charge in [-0.15, -0.1) is 0 Å². The zero-order chi connectivity index (χ0) is 13.6. The van der Waals surface area contributed by atoms with Crippen molar-refractivity contribution in [1.29, 1.82) is 0 Å². The molecule has 1 heterocycles. The summed E-state index contributed by atoms with van der Waals surface area (Å²) in [6, 6.07) is 0.392. The van der Waals surface area contributed by atoms with Gasteiger partial charge >= 0.3 is 0 Å². The maximum atomic E-state index is 11.9. The molecule has 1 saturated heterocycles. The second kappa shape index (κ2) is 7.41. The third-order valence-electron chi connectivity index (χ3n) is 4.05. The van der Waals surface area contributed by atoms with E-state index in [-0.39, 0.29) is 5.75 Å². The molecule has 0 amide bonds. The monoisotopic (exact) mass is 286 g/mol. The fourth-order valence-corrected chi connectivity index (χ4v) is 4.02. The molecule has 0 radical (unpaired) electrons. The summed E-state index contributed by atoms with van der Waals surface area (Å²) >= 11 is 0. The van der Waals surface area contributed by atoms with Crippen LogP contribution >= 0.6 is 0 Å². The molecule has 4 nitrogen and oxygen atoms in total. The first kappa shape index (κ1) is 15.0. The number of hydrogen-bond acceptors (Lipinski definition) is 3. The summed E-state index contributed by atoms with van der Waals surface area (Å²) in [6.45, 7) is 1.60. The molecule has 1 fully saturated rings. The summed E-state index contributed by atoms with van der Waals surface area (Å²) in [5, 5.41) is 3.39. The van der Waals surface area contributed by atoms with Crippen LogP contribution in [0.4, 0.5) is 0 Å². The average Bonchev–Trinajstić information content (AvgIpc) is 2.91. The van der Waals surface area contributed by atoms with E-state index in [4.69, 9.17) is 0 Å². The van der Waals surface area contributed by atoms with Gasteiger partial charge in [-0.1, -0.05) is 18.1 Å². The van der Waals surface area contributed by atoms with Crippen LogP contribution in [0, 0.1) is 0 Å². The van der Waals surface area contributed by atoms with Crippen molar-refractivity contribution in [1.82, 2.24) is 10.0 Å². The van der Waals surface area contributed by atoms with Gasteiger partial charge < -0.3 is 5.32 Å². The first-order chi connectivity index (χ1) is 9.16. The van der Waals surface area contributed by atoms with Crippen LogP contribution in [0.3, 0.4) is 0 Å². The van der Waals surface area contributed by atoms with Crippen molar-refractivity contribution in [2.24, 2.45) is 0 Å². The molecule has 2 rings (SSSR count). The smallest absolute Gasteiger partial charge is 0.211 e. The Morgan fingerprint density at radius 3 is 2.89 bits per heavy atom. The minimum atomic E-state index is -3.09. The molecule has 2 aliphatic rings. The van der Waals surface area contributed by atoms with Crippen LogP contribution < -0.4 is 10.0 Å². The number of allylic oxidation sites excluding steroid dienone is 1. The molecular formula is C14H26N2O2S. The molecule has 110 valence electrons. The summed E-state index contributed by atoms with van der Waals surface area (Å²) in [4.78, 5) is 0. The lowest BCUT2D eigenvalue weighted by molar-refractivity contribution is 0.392. The van der Waals surface area contributed by atoms with Crippen molar-refractivity contribution in [2.75, 3.05) is 18.8 Å². The van der Waals surface area contributed by atoms with Gasteiger partial charge in [0.25, 0.3) is 0 Å². The van der Waals surface area contributed by atoms with Gasteiger partial charge in [0.2, 0.25) is 10.0 Å². The van der Waals surface area contributed by atoms with E-state index in [0.29, 0.717) is 12.6 Å². The van der Waals surface area contributed by atoms with Crippen LogP contribution in [0.25, 0.3) is 0 Å². The summed E-state index contributed by atoms with van der Waals surface area (Å²) in [6.07, 6.45) is 11.0. The van der Waals surface area contributed by atoms with Crippen molar-refractivity contribution in [3.05, 3.63) is 11.6 Å². The Hall–Kier alpha value is -0.390. The standard InChI is InChI=1S/C14H26N2O2S/c17-19(18,12-9-14-7-3-4-10-15-14)16-11-8-13-5-1-2-6-13/h5,14-16H,1-4,6-12H2. The molecule has 0 aromatic carbocycles. The normalized spacial score (nSPS) is 24.4. The van der Waals surface area contributed by atoms with Crippen LogP contribution in [0.2, 0.25) is 0 Å². The predicted molar refractivity (Wildman–Crippen MR) is 78.6 cm³/mol. The molecule has 1 atom stereocenters. The Kier molecular flexibility index (Phi) is 5.85. The highest BCUT2D eigenvalue weighted by atomic mass is 32.2. The van der Waals surface area contributed by atoms with Crippen LogP contribution in [0.1, 0.15) is 51.4 Å². The number of sulfonamides is 1. The summed E-state index contributed by atoms with van der Waals surface area (Å²) < 4.78 is 26.5. The molecule has 1 aliphatic carbocycles. The molecule has 2 N–H and O–H groups in total. The third kappa shape index (κ3) is 5.63. The van der Waals surface area contributed by atoms with E-state index in [1.165, 1.54) is 24.8 Å². The fraction of sp³-hybridized carbons (Fsp3) is 0.857. The number of rotatable bonds is 7. The van der Waals surface area contributed by atoms with Gasteiger partial charge in [-0.3, -0.25) is 0 Å². The second-order valence-corrected chi connectivity index (χ2v) is 7.58. The van der Waals surface area contributed by atoms with Crippen molar-refractivity contribution >= 4 is 10.0 Å². The Morgan fingerprint density at radius 2 is 2.21 bits per heavy atom. The molecule has 0 aromatic heterocycles. The molecule has 5 heteroatoms. The van der Waals surface area contributed by atoms with E-state index < -0.39 is 10.0 Å². The van der Waals surface area contributed by atoms with E-state index in [2.05, 4.69) is 16.1 Å². The number of hydrogen-bond donors (Lipinski definition) is 2.